The number of rotatable bonds is 6. The molecule has 0 atom stereocenters. The maximum atomic E-state index is 6.05. The lowest BCUT2D eigenvalue weighted by atomic mass is 10.1. The van der Waals surface area contributed by atoms with Gasteiger partial charge in [0.1, 0.15) is 0 Å². The summed E-state index contributed by atoms with van der Waals surface area (Å²) in [6, 6.07) is 28.1. The van der Waals surface area contributed by atoms with Crippen LogP contribution in [0, 0.1) is 0 Å². The predicted molar refractivity (Wildman–Crippen MR) is 126 cm³/mol. The first-order chi connectivity index (χ1) is 14.3. The third-order valence-corrected chi connectivity index (χ3v) is 5.45. The monoisotopic (exact) mass is 415 g/mol. The summed E-state index contributed by atoms with van der Waals surface area (Å²) in [5.41, 5.74) is 7.24. The molecule has 4 aromatic rings. The van der Waals surface area contributed by atoms with Crippen molar-refractivity contribution in [3.8, 4) is 21.7 Å². The second kappa shape index (κ2) is 9.32. The Morgan fingerprint density at radius 2 is 1.52 bits per heavy atom. The Kier molecular flexibility index (Phi) is 6.15. The Morgan fingerprint density at radius 3 is 2.24 bits per heavy atom. The minimum absolute atomic E-state index is 0.715. The van der Waals surface area contributed by atoms with Crippen LogP contribution >= 0.6 is 22.9 Å². The number of aromatic nitrogens is 1. The normalized spacial score (nSPS) is 11.3. The van der Waals surface area contributed by atoms with Crippen molar-refractivity contribution < 1.29 is 0 Å². The van der Waals surface area contributed by atoms with Crippen LogP contribution in [-0.4, -0.2) is 11.2 Å². The van der Waals surface area contributed by atoms with Crippen LogP contribution in [-0.2, 0) is 0 Å². The van der Waals surface area contributed by atoms with Crippen molar-refractivity contribution in [1.29, 1.82) is 0 Å². The van der Waals surface area contributed by atoms with E-state index in [4.69, 9.17) is 16.6 Å². The van der Waals surface area contributed by atoms with Crippen molar-refractivity contribution in [1.82, 2.24) is 4.98 Å². The molecule has 0 unspecified atom stereocenters. The van der Waals surface area contributed by atoms with E-state index in [-0.39, 0.29) is 0 Å². The maximum Gasteiger partial charge on any atom is 0.204 e. The topological polar surface area (TPSA) is 37.3 Å². The fourth-order valence-corrected chi connectivity index (χ4v) is 3.88. The molecule has 4 rings (SSSR count). The Bertz CT molecular complexity index is 1120. The highest BCUT2D eigenvalue weighted by atomic mass is 35.5. The van der Waals surface area contributed by atoms with Gasteiger partial charge in [0, 0.05) is 16.8 Å². The van der Waals surface area contributed by atoms with E-state index in [9.17, 15) is 0 Å². The van der Waals surface area contributed by atoms with Gasteiger partial charge < -0.3 is 0 Å². The third kappa shape index (κ3) is 4.99. The summed E-state index contributed by atoms with van der Waals surface area (Å²) in [4.78, 5) is 5.85. The zero-order chi connectivity index (χ0) is 19.9. The van der Waals surface area contributed by atoms with Gasteiger partial charge in [-0.1, -0.05) is 102 Å². The van der Waals surface area contributed by atoms with Crippen molar-refractivity contribution in [3.63, 3.8) is 0 Å². The van der Waals surface area contributed by atoms with E-state index in [0.29, 0.717) is 5.02 Å². The Morgan fingerprint density at radius 1 is 0.828 bits per heavy atom. The molecule has 1 aromatic heterocycles. The molecule has 1 heterocycles. The highest BCUT2D eigenvalue weighted by Gasteiger charge is 2.14. The molecule has 142 valence electrons. The van der Waals surface area contributed by atoms with Gasteiger partial charge in [-0.15, -0.1) is 0 Å². The number of hydrazone groups is 1. The lowest BCUT2D eigenvalue weighted by molar-refractivity contribution is 1.29. The number of halogens is 1. The Hall–Kier alpha value is -3.21. The van der Waals surface area contributed by atoms with Gasteiger partial charge in [0.2, 0.25) is 5.13 Å². The zero-order valence-corrected chi connectivity index (χ0v) is 17.1. The molecule has 0 spiro atoms. The number of thiazole rings is 1. The SMILES string of the molecule is Clc1ccc(-c2sc(NN=CC=Cc3ccccc3)nc2-c2ccccc2)cc1. The average molecular weight is 416 g/mol. The summed E-state index contributed by atoms with van der Waals surface area (Å²) in [5, 5.41) is 5.73. The minimum Gasteiger partial charge on any atom is -0.253 e. The molecular weight excluding hydrogens is 398 g/mol. The molecule has 5 heteroatoms. The molecular formula is C24H18ClN3S. The predicted octanol–water partition coefficient (Wildman–Crippen LogP) is 7.24. The summed E-state index contributed by atoms with van der Waals surface area (Å²) in [7, 11) is 0. The quantitative estimate of drug-likeness (QED) is 0.266. The molecule has 0 aliphatic carbocycles. The Labute approximate surface area is 179 Å². The van der Waals surface area contributed by atoms with E-state index >= 15 is 0 Å². The van der Waals surface area contributed by atoms with E-state index in [1.807, 2.05) is 84.9 Å². The number of hydrogen-bond acceptors (Lipinski definition) is 4. The van der Waals surface area contributed by atoms with Crippen LogP contribution in [0.25, 0.3) is 27.8 Å². The molecule has 0 saturated heterocycles. The first-order valence-corrected chi connectivity index (χ1v) is 10.3. The molecule has 0 fully saturated rings. The molecule has 0 aliphatic rings. The van der Waals surface area contributed by atoms with Crippen LogP contribution in [0.3, 0.4) is 0 Å². The summed E-state index contributed by atoms with van der Waals surface area (Å²) >= 11 is 7.62. The molecule has 3 aromatic carbocycles. The van der Waals surface area contributed by atoms with Gasteiger partial charge in [-0.3, -0.25) is 5.43 Å². The molecule has 29 heavy (non-hydrogen) atoms. The molecule has 0 radical (unpaired) electrons. The highest BCUT2D eigenvalue weighted by molar-refractivity contribution is 7.19. The minimum atomic E-state index is 0.715. The molecule has 0 bridgehead atoms. The fourth-order valence-electron chi connectivity index (χ4n) is 2.81. The fraction of sp³-hybridized carbons (Fsp3) is 0. The number of allylic oxidation sites excluding steroid dienone is 1. The van der Waals surface area contributed by atoms with Gasteiger partial charge in [0.25, 0.3) is 0 Å². The highest BCUT2D eigenvalue weighted by Crippen LogP contribution is 2.39. The smallest absolute Gasteiger partial charge is 0.204 e. The zero-order valence-electron chi connectivity index (χ0n) is 15.5. The van der Waals surface area contributed by atoms with Crippen LogP contribution in [0.5, 0.6) is 0 Å². The van der Waals surface area contributed by atoms with Crippen LogP contribution < -0.4 is 5.43 Å². The Balaban J connectivity index is 1.57. The van der Waals surface area contributed by atoms with Crippen LogP contribution in [0.2, 0.25) is 5.02 Å². The van der Waals surface area contributed by atoms with Crippen LogP contribution in [0.4, 0.5) is 5.13 Å². The van der Waals surface area contributed by atoms with Crippen molar-refractivity contribution in [2.45, 2.75) is 0 Å². The molecule has 0 aliphatic heterocycles. The number of anilines is 1. The van der Waals surface area contributed by atoms with Gasteiger partial charge in [-0.05, 0) is 29.3 Å². The van der Waals surface area contributed by atoms with Crippen LogP contribution in [0.1, 0.15) is 5.56 Å². The standard InChI is InChI=1S/C24H18ClN3S/c25-21-15-13-20(14-16-21)23-22(19-11-5-2-6-12-19)27-24(29-23)28-26-17-7-10-18-8-3-1-4-9-18/h1-17H,(H,27,28). The second-order valence-electron chi connectivity index (χ2n) is 6.23. The first-order valence-electron chi connectivity index (χ1n) is 9.12. The molecule has 0 amide bonds. The van der Waals surface area contributed by atoms with Crippen molar-refractivity contribution >= 4 is 40.4 Å². The largest absolute Gasteiger partial charge is 0.253 e. The second-order valence-corrected chi connectivity index (χ2v) is 7.66. The van der Waals surface area contributed by atoms with E-state index in [1.165, 1.54) is 0 Å². The van der Waals surface area contributed by atoms with Crippen molar-refractivity contribution in [2.24, 2.45) is 5.10 Å². The number of nitrogens with one attached hydrogen (secondary N) is 1. The van der Waals surface area contributed by atoms with Gasteiger partial charge >= 0.3 is 0 Å². The number of nitrogens with zero attached hydrogens (tertiary/aromatic N) is 2. The van der Waals surface area contributed by atoms with Gasteiger partial charge in [0.15, 0.2) is 0 Å². The molecule has 1 N–H and O–H groups in total. The maximum absolute atomic E-state index is 6.05. The van der Waals surface area contributed by atoms with Crippen LogP contribution in [0.15, 0.2) is 96.1 Å². The number of benzene rings is 3. The third-order valence-electron chi connectivity index (χ3n) is 4.19. The van der Waals surface area contributed by atoms with E-state index < -0.39 is 0 Å². The van der Waals surface area contributed by atoms with Crippen molar-refractivity contribution in [3.05, 3.63) is 102 Å². The lowest BCUT2D eigenvalue weighted by Gasteiger charge is -2.02. The van der Waals surface area contributed by atoms with E-state index in [0.717, 1.165) is 32.4 Å². The average Bonchev–Trinajstić information content (AvgIpc) is 3.20. The van der Waals surface area contributed by atoms with E-state index in [2.05, 4.69) is 22.7 Å². The lowest BCUT2D eigenvalue weighted by Crippen LogP contribution is -1.87. The summed E-state index contributed by atoms with van der Waals surface area (Å²) < 4.78 is 0. The molecule has 3 nitrogen and oxygen atoms in total. The number of hydrogen-bond donors (Lipinski definition) is 1. The van der Waals surface area contributed by atoms with Gasteiger partial charge in [0.05, 0.1) is 10.6 Å². The summed E-state index contributed by atoms with van der Waals surface area (Å²) in [6.45, 7) is 0. The van der Waals surface area contributed by atoms with E-state index in [1.54, 1.807) is 17.6 Å². The van der Waals surface area contributed by atoms with Gasteiger partial charge in [-0.25, -0.2) is 4.98 Å². The molecule has 0 saturated carbocycles. The van der Waals surface area contributed by atoms with Gasteiger partial charge in [-0.2, -0.15) is 5.10 Å². The first kappa shape index (κ1) is 19.1. The summed E-state index contributed by atoms with van der Waals surface area (Å²) in [5.74, 6) is 0. The summed E-state index contributed by atoms with van der Waals surface area (Å²) in [6.07, 6.45) is 5.62. The van der Waals surface area contributed by atoms with Crippen molar-refractivity contribution in [2.75, 3.05) is 5.43 Å².